The van der Waals surface area contributed by atoms with Crippen LogP contribution in [0.4, 0.5) is 4.79 Å². The number of carbonyl (C=O) groups is 1. The van der Waals surface area contributed by atoms with Crippen LogP contribution < -0.4 is 0 Å². The van der Waals surface area contributed by atoms with Crippen LogP contribution in [0.15, 0.2) is 30.3 Å². The molecule has 47 heavy (non-hydrogen) atoms. The quantitative estimate of drug-likeness (QED) is 0.144. The molecule has 1 spiro atoms. The Kier molecular flexibility index (Phi) is 16.7. The van der Waals surface area contributed by atoms with Gasteiger partial charge in [-0.15, -0.1) is 0 Å². The Hall–Kier alpha value is -1.83. The fraction of sp³-hybridized carbons (Fsp3) is 0.806. The highest BCUT2D eigenvalue weighted by molar-refractivity contribution is 5.78. The Balaban J connectivity index is 1.06. The first kappa shape index (κ1) is 38.0. The van der Waals surface area contributed by atoms with E-state index < -0.39 is 0 Å². The first-order valence-electron chi connectivity index (χ1n) is 17.8. The lowest BCUT2D eigenvalue weighted by Crippen LogP contribution is -2.56. The van der Waals surface area contributed by atoms with E-state index in [9.17, 15) is 4.79 Å². The minimum atomic E-state index is -0.0810. The van der Waals surface area contributed by atoms with Crippen LogP contribution in [0.1, 0.15) is 50.5 Å². The number of hydrogen-bond acceptors (Lipinski definition) is 9. The second-order valence-corrected chi connectivity index (χ2v) is 13.3. The summed E-state index contributed by atoms with van der Waals surface area (Å²) in [6.45, 7) is 9.27. The molecule has 0 bridgehead atoms. The van der Waals surface area contributed by atoms with E-state index in [2.05, 4.69) is 54.2 Å². The molecule has 11 heteroatoms. The van der Waals surface area contributed by atoms with E-state index in [0.29, 0.717) is 98.4 Å². The normalized spacial score (nSPS) is 23.4. The molecule has 0 aromatic heterocycles. The third kappa shape index (κ3) is 11.4. The van der Waals surface area contributed by atoms with Gasteiger partial charge in [0.05, 0.1) is 91.4 Å². The van der Waals surface area contributed by atoms with Gasteiger partial charge < -0.3 is 43.0 Å². The van der Waals surface area contributed by atoms with Gasteiger partial charge >= 0.3 is 6.03 Å². The minimum absolute atomic E-state index is 0.0168. The van der Waals surface area contributed by atoms with Crippen LogP contribution in [0.25, 0.3) is 0 Å². The van der Waals surface area contributed by atoms with Gasteiger partial charge in [-0.2, -0.15) is 0 Å². The van der Waals surface area contributed by atoms with Gasteiger partial charge in [0.25, 0.3) is 0 Å². The molecule has 1 aromatic carbocycles. The van der Waals surface area contributed by atoms with Crippen molar-refractivity contribution in [2.45, 2.75) is 56.0 Å². The van der Waals surface area contributed by atoms with Crippen molar-refractivity contribution in [1.29, 1.82) is 0 Å². The molecule has 2 amide bonds. The Morgan fingerprint density at radius 3 is 1.64 bits per heavy atom. The molecular weight excluding hydrogens is 602 g/mol. The van der Waals surface area contributed by atoms with Gasteiger partial charge in [-0.1, -0.05) is 36.8 Å². The van der Waals surface area contributed by atoms with Gasteiger partial charge in [-0.05, 0) is 64.1 Å². The molecule has 0 unspecified atom stereocenters. The molecule has 0 N–H and O–H groups in total. The fourth-order valence-corrected chi connectivity index (χ4v) is 7.08. The lowest BCUT2D eigenvalue weighted by atomic mass is 9.68. The number of carbonyl (C=O) groups excluding carboxylic acids is 1. The van der Waals surface area contributed by atoms with Crippen LogP contribution in [0.2, 0.25) is 0 Å². The molecule has 3 aliphatic rings. The second kappa shape index (κ2) is 20.6. The Bertz CT molecular complexity index is 988. The van der Waals surface area contributed by atoms with E-state index in [0.717, 1.165) is 38.8 Å². The van der Waals surface area contributed by atoms with E-state index in [-0.39, 0.29) is 17.1 Å². The number of hydrogen-bond donors (Lipinski definition) is 0. The molecule has 268 valence electrons. The van der Waals surface area contributed by atoms with Gasteiger partial charge in [-0.25, -0.2) is 4.79 Å². The Morgan fingerprint density at radius 2 is 1.19 bits per heavy atom. The molecule has 1 heterocycles. The van der Waals surface area contributed by atoms with Gasteiger partial charge in [0.2, 0.25) is 0 Å². The van der Waals surface area contributed by atoms with Crippen molar-refractivity contribution in [3.8, 4) is 0 Å². The lowest BCUT2D eigenvalue weighted by Gasteiger charge is -2.51. The van der Waals surface area contributed by atoms with Gasteiger partial charge in [0.1, 0.15) is 0 Å². The minimum Gasteiger partial charge on any atom is -0.382 e. The van der Waals surface area contributed by atoms with Crippen LogP contribution in [-0.2, 0) is 38.7 Å². The molecule has 1 aromatic rings. The molecule has 0 atom stereocenters. The molecule has 11 nitrogen and oxygen atoms in total. The summed E-state index contributed by atoms with van der Waals surface area (Å²) in [5.74, 6) is 0.650. The highest BCUT2D eigenvalue weighted by Gasteiger charge is 2.54. The summed E-state index contributed by atoms with van der Waals surface area (Å²) in [7, 11) is 6.06. The predicted octanol–water partition coefficient (Wildman–Crippen LogP) is 4.04. The summed E-state index contributed by atoms with van der Waals surface area (Å²) in [5, 5.41) is 0. The average molecular weight is 664 g/mol. The Morgan fingerprint density at radius 1 is 0.702 bits per heavy atom. The van der Waals surface area contributed by atoms with Crippen molar-refractivity contribution in [3.63, 3.8) is 0 Å². The first-order chi connectivity index (χ1) is 23.0. The highest BCUT2D eigenvalue weighted by Crippen LogP contribution is 2.49. The summed E-state index contributed by atoms with van der Waals surface area (Å²) in [4.78, 5) is 20.5. The van der Waals surface area contributed by atoms with Crippen molar-refractivity contribution in [2.75, 3.05) is 127 Å². The van der Waals surface area contributed by atoms with Crippen molar-refractivity contribution in [2.24, 2.45) is 5.92 Å². The van der Waals surface area contributed by atoms with Gasteiger partial charge in [-0.3, -0.25) is 4.90 Å². The smallest absolute Gasteiger partial charge is 0.320 e. The lowest BCUT2D eigenvalue weighted by molar-refractivity contribution is -0.0194. The molecule has 3 fully saturated rings. The summed E-state index contributed by atoms with van der Waals surface area (Å²) < 4.78 is 38.3. The maximum atomic E-state index is 13.8. The topological polar surface area (TPSA) is 91.4 Å². The maximum absolute atomic E-state index is 13.8. The third-order valence-corrected chi connectivity index (χ3v) is 10.2. The van der Waals surface area contributed by atoms with E-state index in [4.69, 9.17) is 33.2 Å². The second-order valence-electron chi connectivity index (χ2n) is 13.3. The van der Waals surface area contributed by atoms with E-state index in [1.807, 2.05) is 4.90 Å². The average Bonchev–Trinajstić information content (AvgIpc) is 3.31. The largest absolute Gasteiger partial charge is 0.382 e. The molecule has 2 saturated carbocycles. The third-order valence-electron chi connectivity index (χ3n) is 10.2. The number of nitrogens with zero attached hydrogens (tertiary/aromatic N) is 3. The summed E-state index contributed by atoms with van der Waals surface area (Å²) in [5.41, 5.74) is 1.32. The standard InChI is InChI=1S/C36H61N3O8/c1-37(2)36(33-10-5-4-6-11-33)14-12-35(13-15-36)31-38(34(40)39(35)30-32-8-7-9-32)16-17-42-20-21-44-24-25-46-28-29-47-27-26-45-23-22-43-19-18-41-3/h4-6,10-11,32H,7-9,12-31H2,1-3H3/t35-,36+. The number of benzene rings is 1. The molecule has 1 saturated heterocycles. The molecular formula is C36H61N3O8. The molecule has 2 aliphatic carbocycles. The summed E-state index contributed by atoms with van der Waals surface area (Å²) in [6, 6.07) is 11.1. The van der Waals surface area contributed by atoms with Crippen molar-refractivity contribution in [1.82, 2.24) is 14.7 Å². The van der Waals surface area contributed by atoms with Gasteiger partial charge in [0, 0.05) is 32.3 Å². The van der Waals surface area contributed by atoms with Crippen molar-refractivity contribution in [3.05, 3.63) is 35.9 Å². The zero-order valence-electron chi connectivity index (χ0n) is 29.3. The zero-order valence-corrected chi connectivity index (χ0v) is 29.3. The van der Waals surface area contributed by atoms with Crippen molar-refractivity contribution < 1.29 is 38.0 Å². The maximum Gasteiger partial charge on any atom is 0.320 e. The SMILES string of the molecule is COCCOCCOCCOCCOCCOCCOCCN1C[C@]2(CC[C@](c3ccccc3)(N(C)C)CC2)N(CC2CCC2)C1=O. The first-order valence-corrected chi connectivity index (χ1v) is 17.8. The van der Waals surface area contributed by atoms with Crippen LogP contribution in [-0.4, -0.2) is 153 Å². The van der Waals surface area contributed by atoms with E-state index in [1.54, 1.807) is 7.11 Å². The van der Waals surface area contributed by atoms with Crippen LogP contribution in [0.5, 0.6) is 0 Å². The highest BCUT2D eigenvalue weighted by atomic mass is 16.6. The number of amides is 2. The van der Waals surface area contributed by atoms with Gasteiger partial charge in [0.15, 0.2) is 0 Å². The Labute approximate surface area is 283 Å². The molecule has 1 aliphatic heterocycles. The number of urea groups is 1. The predicted molar refractivity (Wildman–Crippen MR) is 181 cm³/mol. The van der Waals surface area contributed by atoms with Crippen LogP contribution >= 0.6 is 0 Å². The number of ether oxygens (including phenoxy) is 7. The number of methoxy groups -OCH3 is 1. The van der Waals surface area contributed by atoms with Crippen molar-refractivity contribution >= 4 is 6.03 Å². The zero-order chi connectivity index (χ0) is 33.2. The van der Waals surface area contributed by atoms with Crippen LogP contribution in [0, 0.1) is 5.92 Å². The van der Waals surface area contributed by atoms with Crippen LogP contribution in [0.3, 0.4) is 0 Å². The van der Waals surface area contributed by atoms with E-state index in [1.165, 1.54) is 24.8 Å². The molecule has 0 radical (unpaired) electrons. The monoisotopic (exact) mass is 663 g/mol. The summed E-state index contributed by atoms with van der Waals surface area (Å²) in [6.07, 6.45) is 7.94. The van der Waals surface area contributed by atoms with E-state index >= 15 is 0 Å². The number of rotatable bonds is 25. The fourth-order valence-electron chi connectivity index (χ4n) is 7.08. The summed E-state index contributed by atoms with van der Waals surface area (Å²) >= 11 is 0. The molecule has 4 rings (SSSR count).